The molecule has 3 aromatic rings. The monoisotopic (exact) mass is 485 g/mol. The molecule has 0 radical (unpaired) electrons. The van der Waals surface area contributed by atoms with Gasteiger partial charge in [0.2, 0.25) is 10.0 Å². The first-order valence-corrected chi connectivity index (χ1v) is 13.2. The lowest BCUT2D eigenvalue weighted by Gasteiger charge is -2.29. The highest BCUT2D eigenvalue weighted by Crippen LogP contribution is 2.30. The van der Waals surface area contributed by atoms with Crippen molar-refractivity contribution in [2.45, 2.75) is 36.6 Å². The molecule has 2 aliphatic rings. The number of rotatable bonds is 7. The summed E-state index contributed by atoms with van der Waals surface area (Å²) in [6.07, 6.45) is 7.45. The minimum Gasteiger partial charge on any atom is -0.462 e. The van der Waals surface area contributed by atoms with Crippen LogP contribution in [0.5, 0.6) is 5.75 Å². The predicted molar refractivity (Wildman–Crippen MR) is 131 cm³/mol. The zero-order chi connectivity index (χ0) is 22.8. The van der Waals surface area contributed by atoms with Crippen molar-refractivity contribution in [3.05, 3.63) is 71.6 Å². The van der Waals surface area contributed by atoms with E-state index in [1.807, 2.05) is 42.6 Å². The Morgan fingerprint density at radius 3 is 2.73 bits per heavy atom. The molecular formula is C25H28ClN3O3S. The average molecular weight is 486 g/mol. The van der Waals surface area contributed by atoms with Gasteiger partial charge >= 0.3 is 0 Å². The second kappa shape index (κ2) is 9.50. The van der Waals surface area contributed by atoms with Crippen LogP contribution in [0.25, 0.3) is 10.9 Å². The van der Waals surface area contributed by atoms with Crippen LogP contribution in [-0.2, 0) is 10.0 Å². The molecule has 0 unspecified atom stereocenters. The standard InChI is InChI=1S/C25H28ClN3O3S/c26-20-4-6-22(7-5-20)32-23-11-16-28(17-12-23)15-10-21-2-1-14-29(21)33(30,31)24-8-3-19-9-13-27-25(19)18-24/h3-9,11,13,18,21,27H,1-2,10,12,14-17H2/t21-/m1/s1. The molecule has 33 heavy (non-hydrogen) atoms. The molecule has 1 saturated heterocycles. The summed E-state index contributed by atoms with van der Waals surface area (Å²) in [6, 6.07) is 14.7. The SMILES string of the molecule is O=S(=O)(c1ccc2cc[nH]c2c1)N1CCC[C@@H]1CCN1CC=C(Oc2ccc(Cl)cc2)CC1. The Hall–Kier alpha value is -2.32. The molecule has 1 fully saturated rings. The summed E-state index contributed by atoms with van der Waals surface area (Å²) in [5, 5.41) is 1.71. The van der Waals surface area contributed by atoms with Crippen LogP contribution in [0.4, 0.5) is 0 Å². The molecule has 5 rings (SSSR count). The van der Waals surface area contributed by atoms with Crippen LogP contribution in [0.1, 0.15) is 25.7 Å². The number of aromatic amines is 1. The Bertz CT molecular complexity index is 1250. The van der Waals surface area contributed by atoms with Gasteiger partial charge in [0.25, 0.3) is 0 Å². The van der Waals surface area contributed by atoms with Crippen molar-refractivity contribution in [2.75, 3.05) is 26.2 Å². The van der Waals surface area contributed by atoms with E-state index >= 15 is 0 Å². The molecule has 6 nitrogen and oxygen atoms in total. The summed E-state index contributed by atoms with van der Waals surface area (Å²) in [6.45, 7) is 3.18. The number of hydrogen-bond acceptors (Lipinski definition) is 4. The normalized spacial score (nSPS) is 20.3. The number of aromatic nitrogens is 1. The van der Waals surface area contributed by atoms with Gasteiger partial charge in [-0.15, -0.1) is 0 Å². The fourth-order valence-electron chi connectivity index (χ4n) is 4.71. The van der Waals surface area contributed by atoms with Crippen LogP contribution in [-0.4, -0.2) is 54.8 Å². The van der Waals surface area contributed by atoms with Crippen molar-refractivity contribution in [2.24, 2.45) is 0 Å². The summed E-state index contributed by atoms with van der Waals surface area (Å²) < 4.78 is 34.4. The Balaban J connectivity index is 1.18. The third kappa shape index (κ3) is 4.96. The first kappa shape index (κ1) is 22.5. The number of nitrogens with zero attached hydrogens (tertiary/aromatic N) is 2. The Morgan fingerprint density at radius 1 is 1.09 bits per heavy atom. The largest absolute Gasteiger partial charge is 0.462 e. The van der Waals surface area contributed by atoms with E-state index in [9.17, 15) is 8.42 Å². The quantitative estimate of drug-likeness (QED) is 0.509. The fraction of sp³-hybridized carbons (Fsp3) is 0.360. The van der Waals surface area contributed by atoms with Crippen molar-refractivity contribution in [3.63, 3.8) is 0 Å². The van der Waals surface area contributed by atoms with E-state index in [2.05, 4.69) is 16.0 Å². The molecule has 0 amide bonds. The first-order chi connectivity index (χ1) is 16.0. The lowest BCUT2D eigenvalue weighted by atomic mass is 10.1. The van der Waals surface area contributed by atoms with Gasteiger partial charge in [0.1, 0.15) is 11.5 Å². The number of nitrogens with one attached hydrogen (secondary N) is 1. The van der Waals surface area contributed by atoms with Crippen LogP contribution in [0.2, 0.25) is 5.02 Å². The molecule has 0 bridgehead atoms. The maximum atomic E-state index is 13.4. The number of fused-ring (bicyclic) bond motifs is 1. The molecule has 0 aliphatic carbocycles. The molecule has 2 aliphatic heterocycles. The van der Waals surface area contributed by atoms with Crippen LogP contribution < -0.4 is 4.74 Å². The summed E-state index contributed by atoms with van der Waals surface area (Å²) in [7, 11) is -3.50. The lowest BCUT2D eigenvalue weighted by Crippen LogP contribution is -2.39. The summed E-state index contributed by atoms with van der Waals surface area (Å²) in [5.74, 6) is 1.77. The lowest BCUT2D eigenvalue weighted by molar-refractivity contribution is 0.238. The van der Waals surface area contributed by atoms with Crippen LogP contribution >= 0.6 is 11.6 Å². The zero-order valence-corrected chi connectivity index (χ0v) is 20.0. The predicted octanol–water partition coefficient (Wildman–Crippen LogP) is 5.03. The second-order valence-corrected chi connectivity index (χ2v) is 11.0. The minimum absolute atomic E-state index is 0.0463. The van der Waals surface area contributed by atoms with Gasteiger partial charge in [-0.25, -0.2) is 8.42 Å². The molecule has 1 atom stereocenters. The Kier molecular flexibility index (Phi) is 6.47. The molecule has 2 aromatic carbocycles. The van der Waals surface area contributed by atoms with Gasteiger partial charge in [0.05, 0.1) is 4.90 Å². The Labute approximate surface area is 199 Å². The number of ether oxygens (including phenoxy) is 1. The number of hydrogen-bond donors (Lipinski definition) is 1. The number of H-pyrrole nitrogens is 1. The number of halogens is 1. The highest BCUT2D eigenvalue weighted by Gasteiger charge is 2.35. The van der Waals surface area contributed by atoms with Gasteiger partial charge in [-0.05, 0) is 73.2 Å². The van der Waals surface area contributed by atoms with Crippen molar-refractivity contribution in [3.8, 4) is 5.75 Å². The highest BCUT2D eigenvalue weighted by molar-refractivity contribution is 7.89. The van der Waals surface area contributed by atoms with E-state index in [1.165, 1.54) is 0 Å². The molecule has 174 valence electrons. The highest BCUT2D eigenvalue weighted by atomic mass is 35.5. The third-order valence-electron chi connectivity index (χ3n) is 6.55. The van der Waals surface area contributed by atoms with Crippen LogP contribution in [0, 0.1) is 0 Å². The van der Waals surface area contributed by atoms with Gasteiger partial charge in [-0.1, -0.05) is 17.7 Å². The van der Waals surface area contributed by atoms with Crippen molar-refractivity contribution >= 4 is 32.5 Å². The van der Waals surface area contributed by atoms with Gasteiger partial charge < -0.3 is 9.72 Å². The first-order valence-electron chi connectivity index (χ1n) is 11.4. The van der Waals surface area contributed by atoms with Gasteiger partial charge in [-0.3, -0.25) is 4.90 Å². The maximum Gasteiger partial charge on any atom is 0.243 e. The molecule has 0 spiro atoms. The molecular weight excluding hydrogens is 458 g/mol. The van der Waals surface area contributed by atoms with Crippen molar-refractivity contribution < 1.29 is 13.2 Å². The molecule has 1 N–H and O–H groups in total. The van der Waals surface area contributed by atoms with Crippen LogP contribution in [0.3, 0.4) is 0 Å². The second-order valence-electron chi connectivity index (χ2n) is 8.70. The van der Waals surface area contributed by atoms with Gasteiger partial charge in [0.15, 0.2) is 0 Å². The van der Waals surface area contributed by atoms with E-state index in [0.717, 1.165) is 67.7 Å². The third-order valence-corrected chi connectivity index (χ3v) is 8.75. The molecule has 1 aromatic heterocycles. The number of benzene rings is 2. The maximum absolute atomic E-state index is 13.4. The van der Waals surface area contributed by atoms with E-state index in [4.69, 9.17) is 16.3 Å². The van der Waals surface area contributed by atoms with Crippen molar-refractivity contribution in [1.29, 1.82) is 0 Å². The Morgan fingerprint density at radius 2 is 1.94 bits per heavy atom. The van der Waals surface area contributed by atoms with Gasteiger partial charge in [-0.2, -0.15) is 4.31 Å². The fourth-order valence-corrected chi connectivity index (χ4v) is 6.59. The van der Waals surface area contributed by atoms with E-state index in [1.54, 1.807) is 16.4 Å². The van der Waals surface area contributed by atoms with E-state index < -0.39 is 10.0 Å². The van der Waals surface area contributed by atoms with E-state index in [-0.39, 0.29) is 6.04 Å². The van der Waals surface area contributed by atoms with Gasteiger partial charge in [0, 0.05) is 55.4 Å². The smallest absolute Gasteiger partial charge is 0.243 e. The zero-order valence-electron chi connectivity index (χ0n) is 18.4. The summed E-state index contributed by atoms with van der Waals surface area (Å²) in [5.41, 5.74) is 0.851. The molecule has 0 saturated carbocycles. The topological polar surface area (TPSA) is 65.6 Å². The summed E-state index contributed by atoms with van der Waals surface area (Å²) >= 11 is 5.93. The molecule has 8 heteroatoms. The van der Waals surface area contributed by atoms with Crippen LogP contribution in [0.15, 0.2) is 71.5 Å². The van der Waals surface area contributed by atoms with E-state index in [0.29, 0.717) is 16.5 Å². The number of sulfonamides is 1. The minimum atomic E-state index is -3.50. The molecule has 3 heterocycles. The summed E-state index contributed by atoms with van der Waals surface area (Å²) in [4.78, 5) is 5.85. The average Bonchev–Trinajstić information content (AvgIpc) is 3.49. The van der Waals surface area contributed by atoms with Crippen molar-refractivity contribution in [1.82, 2.24) is 14.2 Å².